The first-order valence-electron chi connectivity index (χ1n) is 6.50. The molecule has 1 N–H and O–H groups in total. The van der Waals surface area contributed by atoms with Gasteiger partial charge in [-0.1, -0.05) is 6.08 Å². The van der Waals surface area contributed by atoms with E-state index >= 15 is 0 Å². The standard InChI is InChI=1S/C14H19BO4S/c1-13(2)14(3,4)19-15(18-13)11(7-16)5-10-6-12(8-17)20-9-10/h5-6,8-9,16H,7H2,1-4H3. The van der Waals surface area contributed by atoms with Crippen LogP contribution in [0.25, 0.3) is 6.08 Å². The smallest absolute Gasteiger partial charge is 0.400 e. The number of carbonyl (C=O) groups excluding carboxylic acids is 1. The lowest BCUT2D eigenvalue weighted by Gasteiger charge is -2.32. The molecule has 1 aliphatic rings. The van der Waals surface area contributed by atoms with Gasteiger partial charge >= 0.3 is 7.12 Å². The lowest BCUT2D eigenvalue weighted by Crippen LogP contribution is -2.41. The molecule has 0 bridgehead atoms. The van der Waals surface area contributed by atoms with Gasteiger partial charge in [0.1, 0.15) is 0 Å². The highest BCUT2D eigenvalue weighted by Crippen LogP contribution is 2.38. The zero-order valence-corrected chi connectivity index (χ0v) is 13.0. The Morgan fingerprint density at radius 2 is 1.95 bits per heavy atom. The van der Waals surface area contributed by atoms with E-state index in [-0.39, 0.29) is 6.61 Å². The Hall–Kier alpha value is -0.945. The van der Waals surface area contributed by atoms with Crippen LogP contribution in [0.4, 0.5) is 0 Å². The Morgan fingerprint density at radius 3 is 2.40 bits per heavy atom. The number of carbonyl (C=O) groups is 1. The summed E-state index contributed by atoms with van der Waals surface area (Å²) in [6.45, 7) is 7.73. The molecule has 0 aliphatic carbocycles. The fourth-order valence-electron chi connectivity index (χ4n) is 1.90. The second-order valence-corrected chi connectivity index (χ2v) is 6.81. The maximum Gasteiger partial charge on any atom is 0.492 e. The van der Waals surface area contributed by atoms with E-state index in [1.807, 2.05) is 39.2 Å². The van der Waals surface area contributed by atoms with Gasteiger partial charge in [0.2, 0.25) is 0 Å². The van der Waals surface area contributed by atoms with Crippen molar-refractivity contribution < 1.29 is 19.2 Å². The molecule has 1 aromatic rings. The number of hydrogen-bond donors (Lipinski definition) is 1. The molecule has 0 saturated carbocycles. The van der Waals surface area contributed by atoms with Gasteiger partial charge < -0.3 is 14.4 Å². The lowest BCUT2D eigenvalue weighted by molar-refractivity contribution is 0.00578. The summed E-state index contributed by atoms with van der Waals surface area (Å²) in [5.74, 6) is 0. The molecule has 1 fully saturated rings. The van der Waals surface area contributed by atoms with E-state index in [0.29, 0.717) is 10.3 Å². The Bertz CT molecular complexity index is 517. The number of aliphatic hydroxyl groups is 1. The highest BCUT2D eigenvalue weighted by molar-refractivity contribution is 7.11. The predicted molar refractivity (Wildman–Crippen MR) is 80.9 cm³/mol. The summed E-state index contributed by atoms with van der Waals surface area (Å²) in [4.78, 5) is 11.3. The van der Waals surface area contributed by atoms with Crippen LogP contribution in [0.15, 0.2) is 16.9 Å². The maximum absolute atomic E-state index is 10.7. The molecule has 1 aromatic heterocycles. The van der Waals surface area contributed by atoms with Crippen molar-refractivity contribution >= 4 is 30.8 Å². The third-order valence-electron chi connectivity index (χ3n) is 3.85. The van der Waals surface area contributed by atoms with Crippen LogP contribution >= 0.6 is 11.3 Å². The Labute approximate surface area is 123 Å². The van der Waals surface area contributed by atoms with E-state index in [0.717, 1.165) is 11.8 Å². The summed E-state index contributed by atoms with van der Waals surface area (Å²) in [6, 6.07) is 1.78. The molecule has 2 heterocycles. The van der Waals surface area contributed by atoms with Gasteiger partial charge in [-0.2, -0.15) is 0 Å². The lowest BCUT2D eigenvalue weighted by atomic mass is 9.78. The molecule has 0 radical (unpaired) electrons. The van der Waals surface area contributed by atoms with Crippen molar-refractivity contribution in [2.75, 3.05) is 6.61 Å². The van der Waals surface area contributed by atoms with Crippen LogP contribution in [0.5, 0.6) is 0 Å². The number of rotatable bonds is 4. The Balaban J connectivity index is 2.23. The van der Waals surface area contributed by atoms with Crippen LogP contribution in [0.2, 0.25) is 0 Å². The third kappa shape index (κ3) is 2.88. The molecular formula is C14H19BO4S. The zero-order valence-electron chi connectivity index (χ0n) is 12.2. The molecule has 1 aliphatic heterocycles. The fourth-order valence-corrected chi connectivity index (χ4v) is 2.57. The van der Waals surface area contributed by atoms with Gasteiger partial charge in [0.05, 0.1) is 22.7 Å². The molecular weight excluding hydrogens is 275 g/mol. The SMILES string of the molecule is CC1(C)OB(C(=Cc2csc(C=O)c2)CO)OC1(C)C. The third-order valence-corrected chi connectivity index (χ3v) is 4.72. The number of hydrogen-bond acceptors (Lipinski definition) is 5. The molecule has 108 valence electrons. The average Bonchev–Trinajstić information content (AvgIpc) is 2.89. The van der Waals surface area contributed by atoms with Crippen molar-refractivity contribution in [2.45, 2.75) is 38.9 Å². The quantitative estimate of drug-likeness (QED) is 0.685. The van der Waals surface area contributed by atoms with Gasteiger partial charge in [0, 0.05) is 0 Å². The topological polar surface area (TPSA) is 55.8 Å². The second-order valence-electron chi connectivity index (χ2n) is 5.87. The van der Waals surface area contributed by atoms with E-state index in [4.69, 9.17) is 9.31 Å². The first kappa shape index (κ1) is 15.4. The van der Waals surface area contributed by atoms with E-state index < -0.39 is 18.3 Å². The molecule has 4 nitrogen and oxygen atoms in total. The van der Waals surface area contributed by atoms with E-state index in [2.05, 4.69) is 0 Å². The van der Waals surface area contributed by atoms with E-state index in [9.17, 15) is 9.90 Å². The molecule has 6 heteroatoms. The molecule has 0 spiro atoms. The maximum atomic E-state index is 10.7. The molecule has 0 atom stereocenters. The van der Waals surface area contributed by atoms with Crippen LogP contribution in [-0.4, -0.2) is 36.3 Å². The van der Waals surface area contributed by atoms with Crippen LogP contribution in [-0.2, 0) is 9.31 Å². The first-order valence-corrected chi connectivity index (χ1v) is 7.38. The van der Waals surface area contributed by atoms with E-state index in [1.165, 1.54) is 11.3 Å². The molecule has 1 saturated heterocycles. The van der Waals surface area contributed by atoms with Crippen molar-refractivity contribution in [3.63, 3.8) is 0 Å². The Kier molecular flexibility index (Phi) is 4.20. The van der Waals surface area contributed by atoms with Crippen molar-refractivity contribution in [1.29, 1.82) is 0 Å². The fraction of sp³-hybridized carbons (Fsp3) is 0.500. The molecule has 0 amide bonds. The highest BCUT2D eigenvalue weighted by Gasteiger charge is 2.52. The van der Waals surface area contributed by atoms with Crippen molar-refractivity contribution in [1.82, 2.24) is 0 Å². The van der Waals surface area contributed by atoms with Crippen molar-refractivity contribution in [3.05, 3.63) is 27.4 Å². The number of aldehydes is 1. The van der Waals surface area contributed by atoms with Crippen LogP contribution < -0.4 is 0 Å². The summed E-state index contributed by atoms with van der Waals surface area (Å²) < 4.78 is 11.8. The van der Waals surface area contributed by atoms with Crippen molar-refractivity contribution in [3.8, 4) is 0 Å². The van der Waals surface area contributed by atoms with Crippen LogP contribution in [0.3, 0.4) is 0 Å². The summed E-state index contributed by atoms with van der Waals surface area (Å²) >= 11 is 1.37. The summed E-state index contributed by atoms with van der Waals surface area (Å²) in [7, 11) is -0.565. The largest absolute Gasteiger partial charge is 0.492 e. The first-order chi connectivity index (χ1) is 9.29. The van der Waals surface area contributed by atoms with Gasteiger partial charge in [0.25, 0.3) is 0 Å². The van der Waals surface area contributed by atoms with Crippen molar-refractivity contribution in [2.24, 2.45) is 0 Å². The predicted octanol–water partition coefficient (Wildman–Crippen LogP) is 2.57. The monoisotopic (exact) mass is 294 g/mol. The Morgan fingerprint density at radius 1 is 1.35 bits per heavy atom. The summed E-state index contributed by atoms with van der Waals surface area (Å²) in [5, 5.41) is 11.4. The van der Waals surface area contributed by atoms with Gasteiger partial charge in [-0.25, -0.2) is 0 Å². The van der Waals surface area contributed by atoms with Gasteiger partial charge in [-0.05, 0) is 50.2 Å². The molecule has 20 heavy (non-hydrogen) atoms. The van der Waals surface area contributed by atoms with Crippen LogP contribution in [0.1, 0.15) is 42.9 Å². The minimum absolute atomic E-state index is 0.150. The summed E-state index contributed by atoms with van der Waals surface area (Å²) in [6.07, 6.45) is 2.63. The van der Waals surface area contributed by atoms with Gasteiger partial charge in [-0.15, -0.1) is 11.3 Å². The molecule has 0 unspecified atom stereocenters. The molecule has 0 aromatic carbocycles. The highest BCUT2D eigenvalue weighted by atomic mass is 32.1. The number of aliphatic hydroxyl groups excluding tert-OH is 1. The zero-order chi connectivity index (χ0) is 15.0. The van der Waals surface area contributed by atoms with Crippen LogP contribution in [0, 0.1) is 0 Å². The second kappa shape index (κ2) is 5.45. The molecule has 2 rings (SSSR count). The average molecular weight is 294 g/mol. The number of thiophene rings is 1. The normalized spacial score (nSPS) is 21.2. The minimum Gasteiger partial charge on any atom is -0.400 e. The van der Waals surface area contributed by atoms with Gasteiger partial charge in [0.15, 0.2) is 6.29 Å². The minimum atomic E-state index is -0.565. The summed E-state index contributed by atoms with van der Waals surface area (Å²) in [5.41, 5.74) is 0.651. The van der Waals surface area contributed by atoms with Gasteiger partial charge in [-0.3, -0.25) is 4.79 Å². The van der Waals surface area contributed by atoms with E-state index in [1.54, 1.807) is 6.07 Å².